The molecule has 1 fully saturated rings. The summed E-state index contributed by atoms with van der Waals surface area (Å²) in [5, 5.41) is 6.23. The van der Waals surface area contributed by atoms with Crippen molar-refractivity contribution in [2.45, 2.75) is 50.7 Å². The van der Waals surface area contributed by atoms with Gasteiger partial charge in [0, 0.05) is 23.8 Å². The van der Waals surface area contributed by atoms with Gasteiger partial charge in [-0.1, -0.05) is 6.07 Å². The van der Waals surface area contributed by atoms with Gasteiger partial charge in [0.1, 0.15) is 6.54 Å². The van der Waals surface area contributed by atoms with E-state index in [1.165, 1.54) is 0 Å². The fourth-order valence-corrected chi connectivity index (χ4v) is 2.98. The van der Waals surface area contributed by atoms with E-state index in [1.807, 2.05) is 13.1 Å². The third-order valence-corrected chi connectivity index (χ3v) is 4.20. The molecule has 2 aliphatic rings. The highest BCUT2D eigenvalue weighted by molar-refractivity contribution is 5.76. The van der Waals surface area contributed by atoms with Crippen LogP contribution in [-0.2, 0) is 17.8 Å². The van der Waals surface area contributed by atoms with Crippen LogP contribution in [-0.4, -0.2) is 23.6 Å². The molecule has 1 aromatic heterocycles. The van der Waals surface area contributed by atoms with Gasteiger partial charge in [0.2, 0.25) is 5.91 Å². The third-order valence-electron chi connectivity index (χ3n) is 4.20. The van der Waals surface area contributed by atoms with Crippen LogP contribution in [0, 0.1) is 0 Å². The molecular formula is C15H21N3O2. The average molecular weight is 275 g/mol. The molecule has 3 rings (SSSR count). The molecule has 0 bridgehead atoms. The lowest BCUT2D eigenvalue weighted by atomic mass is 9.91. The van der Waals surface area contributed by atoms with Gasteiger partial charge in [0.15, 0.2) is 0 Å². The van der Waals surface area contributed by atoms with Crippen molar-refractivity contribution in [3.63, 3.8) is 0 Å². The van der Waals surface area contributed by atoms with Crippen molar-refractivity contribution in [3.05, 3.63) is 33.7 Å². The van der Waals surface area contributed by atoms with Gasteiger partial charge in [-0.2, -0.15) is 0 Å². The van der Waals surface area contributed by atoms with E-state index < -0.39 is 0 Å². The van der Waals surface area contributed by atoms with Gasteiger partial charge in [-0.3, -0.25) is 9.59 Å². The number of carbonyl (C=O) groups is 1. The minimum Gasteiger partial charge on any atom is -0.352 e. The Morgan fingerprint density at radius 2 is 2.15 bits per heavy atom. The first kappa shape index (κ1) is 13.4. The summed E-state index contributed by atoms with van der Waals surface area (Å²) in [6, 6.07) is 4.12. The number of fused-ring (bicyclic) bond motifs is 1. The highest BCUT2D eigenvalue weighted by Gasteiger charge is 2.25. The Balaban J connectivity index is 1.88. The number of rotatable bonds is 4. The zero-order valence-corrected chi connectivity index (χ0v) is 11.8. The van der Waals surface area contributed by atoms with E-state index in [4.69, 9.17) is 0 Å². The minimum absolute atomic E-state index is 0.0467. The topological polar surface area (TPSA) is 63.1 Å². The summed E-state index contributed by atoms with van der Waals surface area (Å²) in [5.74, 6) is -0.0467. The number of nitrogens with zero attached hydrogens (tertiary/aromatic N) is 1. The number of hydrogen-bond donors (Lipinski definition) is 2. The third kappa shape index (κ3) is 2.63. The fraction of sp³-hybridized carbons (Fsp3) is 0.600. The SMILES string of the molecule is CNC1CCCc2c1ccc(=O)n2CC(=O)NC1CC1. The average Bonchev–Trinajstić information content (AvgIpc) is 3.25. The second kappa shape index (κ2) is 5.40. The van der Waals surface area contributed by atoms with E-state index in [-0.39, 0.29) is 24.1 Å². The lowest BCUT2D eigenvalue weighted by Crippen LogP contribution is -2.36. The van der Waals surface area contributed by atoms with E-state index >= 15 is 0 Å². The van der Waals surface area contributed by atoms with E-state index in [9.17, 15) is 9.59 Å². The Bertz CT molecular complexity index is 575. The molecule has 5 heteroatoms. The molecule has 5 nitrogen and oxygen atoms in total. The predicted octanol–water partition coefficient (Wildman–Crippen LogP) is 0.724. The molecule has 20 heavy (non-hydrogen) atoms. The number of hydrogen-bond acceptors (Lipinski definition) is 3. The van der Waals surface area contributed by atoms with Crippen LogP contribution in [0.1, 0.15) is 43.0 Å². The zero-order valence-electron chi connectivity index (χ0n) is 11.8. The van der Waals surface area contributed by atoms with Crippen LogP contribution in [0.5, 0.6) is 0 Å². The second-order valence-electron chi connectivity index (χ2n) is 5.74. The van der Waals surface area contributed by atoms with Crippen LogP contribution in [0.25, 0.3) is 0 Å². The van der Waals surface area contributed by atoms with Gasteiger partial charge in [0.05, 0.1) is 0 Å². The molecule has 1 saturated carbocycles. The van der Waals surface area contributed by atoms with E-state index in [0.717, 1.165) is 43.4 Å². The fourth-order valence-electron chi connectivity index (χ4n) is 2.98. The predicted molar refractivity (Wildman–Crippen MR) is 76.6 cm³/mol. The van der Waals surface area contributed by atoms with E-state index in [0.29, 0.717) is 6.04 Å². The lowest BCUT2D eigenvalue weighted by Gasteiger charge is -2.27. The molecule has 1 heterocycles. The van der Waals surface area contributed by atoms with Crippen LogP contribution in [0.4, 0.5) is 0 Å². The summed E-state index contributed by atoms with van der Waals surface area (Å²) < 4.78 is 1.65. The molecule has 1 aromatic rings. The highest BCUT2D eigenvalue weighted by atomic mass is 16.2. The molecule has 0 radical (unpaired) electrons. The van der Waals surface area contributed by atoms with Gasteiger partial charge in [0.25, 0.3) is 5.56 Å². The Labute approximate surface area is 118 Å². The molecule has 0 aromatic carbocycles. The molecule has 0 aliphatic heterocycles. The van der Waals surface area contributed by atoms with Gasteiger partial charge < -0.3 is 15.2 Å². The minimum atomic E-state index is -0.0774. The van der Waals surface area contributed by atoms with Gasteiger partial charge in [-0.05, 0) is 44.7 Å². The van der Waals surface area contributed by atoms with E-state index in [1.54, 1.807) is 10.6 Å². The summed E-state index contributed by atoms with van der Waals surface area (Å²) in [5.41, 5.74) is 2.11. The number of amides is 1. The van der Waals surface area contributed by atoms with Gasteiger partial charge >= 0.3 is 0 Å². The van der Waals surface area contributed by atoms with Crippen LogP contribution in [0.3, 0.4) is 0 Å². The first-order chi connectivity index (χ1) is 9.69. The standard InChI is InChI=1S/C15H21N3O2/c1-16-12-3-2-4-13-11(12)7-8-15(20)18(13)9-14(19)17-10-5-6-10/h7-8,10,12,16H,2-6,9H2,1H3,(H,17,19). The molecule has 2 aliphatic carbocycles. The van der Waals surface area contributed by atoms with Crippen molar-refractivity contribution >= 4 is 5.91 Å². The summed E-state index contributed by atoms with van der Waals surface area (Å²) in [6.07, 6.45) is 5.13. The quantitative estimate of drug-likeness (QED) is 0.851. The number of carbonyl (C=O) groups excluding carboxylic acids is 1. The molecular weight excluding hydrogens is 254 g/mol. The monoisotopic (exact) mass is 275 g/mol. The molecule has 0 spiro atoms. The molecule has 108 valence electrons. The maximum absolute atomic E-state index is 12.1. The molecule has 1 atom stereocenters. The Hall–Kier alpha value is -1.62. The molecule has 2 N–H and O–H groups in total. The highest BCUT2D eigenvalue weighted by Crippen LogP contribution is 2.28. The summed E-state index contributed by atoms with van der Waals surface area (Å²) in [4.78, 5) is 24.1. The first-order valence-corrected chi connectivity index (χ1v) is 7.38. The number of nitrogens with one attached hydrogen (secondary N) is 2. The van der Waals surface area contributed by atoms with Crippen molar-refractivity contribution in [2.75, 3.05) is 7.05 Å². The van der Waals surface area contributed by atoms with Gasteiger partial charge in [-0.15, -0.1) is 0 Å². The van der Waals surface area contributed by atoms with E-state index in [2.05, 4.69) is 10.6 Å². The summed E-state index contributed by atoms with van der Waals surface area (Å²) >= 11 is 0. The summed E-state index contributed by atoms with van der Waals surface area (Å²) in [7, 11) is 1.94. The van der Waals surface area contributed by atoms with Crippen molar-refractivity contribution in [3.8, 4) is 0 Å². The van der Waals surface area contributed by atoms with Crippen LogP contribution in [0.2, 0.25) is 0 Å². The molecule has 1 unspecified atom stereocenters. The molecule has 1 amide bonds. The maximum Gasteiger partial charge on any atom is 0.251 e. The van der Waals surface area contributed by atoms with Gasteiger partial charge in [-0.25, -0.2) is 0 Å². The zero-order chi connectivity index (χ0) is 14.1. The van der Waals surface area contributed by atoms with Crippen LogP contribution < -0.4 is 16.2 Å². The smallest absolute Gasteiger partial charge is 0.251 e. The number of pyridine rings is 1. The van der Waals surface area contributed by atoms with Crippen molar-refractivity contribution in [2.24, 2.45) is 0 Å². The number of aromatic nitrogens is 1. The first-order valence-electron chi connectivity index (χ1n) is 7.38. The van der Waals surface area contributed by atoms with Crippen molar-refractivity contribution < 1.29 is 4.79 Å². The lowest BCUT2D eigenvalue weighted by molar-refractivity contribution is -0.121. The molecule has 0 saturated heterocycles. The normalized spacial score (nSPS) is 21.4. The Kier molecular flexibility index (Phi) is 3.61. The maximum atomic E-state index is 12.1. The van der Waals surface area contributed by atoms with Crippen LogP contribution in [0.15, 0.2) is 16.9 Å². The van der Waals surface area contributed by atoms with Crippen LogP contribution >= 0.6 is 0 Å². The Morgan fingerprint density at radius 1 is 1.35 bits per heavy atom. The van der Waals surface area contributed by atoms with Crippen molar-refractivity contribution in [1.29, 1.82) is 0 Å². The largest absolute Gasteiger partial charge is 0.352 e. The second-order valence-corrected chi connectivity index (χ2v) is 5.74. The summed E-state index contributed by atoms with van der Waals surface area (Å²) in [6.45, 7) is 0.148. The van der Waals surface area contributed by atoms with Crippen molar-refractivity contribution in [1.82, 2.24) is 15.2 Å². The Morgan fingerprint density at radius 3 is 2.85 bits per heavy atom.